The van der Waals surface area contributed by atoms with Gasteiger partial charge in [-0.05, 0) is 31.9 Å². The summed E-state index contributed by atoms with van der Waals surface area (Å²) in [6.07, 6.45) is 1.82. The minimum Gasteiger partial charge on any atom is -0.359 e. The molecule has 0 saturated carbocycles. The summed E-state index contributed by atoms with van der Waals surface area (Å²) >= 11 is 6.07. The molecule has 1 N–H and O–H groups in total. The van der Waals surface area contributed by atoms with Gasteiger partial charge in [-0.25, -0.2) is 4.79 Å². The molecule has 0 radical (unpaired) electrons. The van der Waals surface area contributed by atoms with E-state index >= 15 is 0 Å². The molecule has 1 fully saturated rings. The number of aromatic nitrogens is 1. The van der Waals surface area contributed by atoms with Crippen LogP contribution in [0, 0.1) is 6.92 Å². The predicted molar refractivity (Wildman–Crippen MR) is 80.4 cm³/mol. The zero-order valence-electron chi connectivity index (χ0n) is 11.7. The maximum absolute atomic E-state index is 12.5. The maximum Gasteiger partial charge on any atom is 0.322 e. The zero-order valence-corrected chi connectivity index (χ0v) is 12.4. The second kappa shape index (κ2) is 5.77. The first-order valence-corrected chi connectivity index (χ1v) is 7.28. The third-order valence-electron chi connectivity index (χ3n) is 3.60. The lowest BCUT2D eigenvalue weighted by Crippen LogP contribution is -2.34. The predicted octanol–water partition coefficient (Wildman–Crippen LogP) is 4.01. The Morgan fingerprint density at radius 3 is 3.00 bits per heavy atom. The standard InChI is InChI=1S/C15H16ClN3O2/c1-10-9-14(21-18-10)13-7-4-8-19(13)15(20)17-12-6-3-2-5-11(12)16/h2-3,5-6,9,13H,4,7-8H2,1H3,(H,17,20)/t13-/m1/s1. The van der Waals surface area contributed by atoms with Crippen LogP contribution >= 0.6 is 11.6 Å². The summed E-state index contributed by atoms with van der Waals surface area (Å²) in [6, 6.07) is 8.85. The number of hydrogen-bond donors (Lipinski definition) is 1. The van der Waals surface area contributed by atoms with Crippen molar-refractivity contribution in [2.45, 2.75) is 25.8 Å². The highest BCUT2D eigenvalue weighted by atomic mass is 35.5. The van der Waals surface area contributed by atoms with Crippen LogP contribution in [0.15, 0.2) is 34.9 Å². The number of urea groups is 1. The minimum atomic E-state index is -0.167. The molecule has 1 aromatic carbocycles. The second-order valence-corrected chi connectivity index (χ2v) is 5.54. The molecule has 110 valence electrons. The number of nitrogens with one attached hydrogen (secondary N) is 1. The molecule has 2 heterocycles. The fourth-order valence-electron chi connectivity index (χ4n) is 2.60. The van der Waals surface area contributed by atoms with Crippen molar-refractivity contribution in [1.29, 1.82) is 0 Å². The van der Waals surface area contributed by atoms with Crippen LogP contribution in [-0.2, 0) is 0 Å². The Morgan fingerprint density at radius 1 is 1.48 bits per heavy atom. The molecule has 0 bridgehead atoms. The van der Waals surface area contributed by atoms with E-state index in [0.717, 1.165) is 24.3 Å². The van der Waals surface area contributed by atoms with Crippen LogP contribution in [-0.4, -0.2) is 22.6 Å². The molecule has 1 atom stereocenters. The van der Waals surface area contributed by atoms with Gasteiger partial charge in [-0.2, -0.15) is 0 Å². The number of aryl methyl sites for hydroxylation is 1. The number of benzene rings is 1. The highest BCUT2D eigenvalue weighted by molar-refractivity contribution is 6.33. The molecule has 0 spiro atoms. The Hall–Kier alpha value is -2.01. The fraction of sp³-hybridized carbons (Fsp3) is 0.333. The van der Waals surface area contributed by atoms with Gasteiger partial charge in [0.15, 0.2) is 5.76 Å². The third kappa shape index (κ3) is 2.88. The zero-order chi connectivity index (χ0) is 14.8. The molecule has 21 heavy (non-hydrogen) atoms. The lowest BCUT2D eigenvalue weighted by atomic mass is 10.1. The molecule has 1 saturated heterocycles. The van der Waals surface area contributed by atoms with Crippen molar-refractivity contribution >= 4 is 23.3 Å². The minimum absolute atomic E-state index is 0.0614. The van der Waals surface area contributed by atoms with E-state index in [9.17, 15) is 4.79 Å². The van der Waals surface area contributed by atoms with Gasteiger partial charge < -0.3 is 14.7 Å². The Morgan fingerprint density at radius 2 is 2.29 bits per heavy atom. The molecule has 1 aliphatic heterocycles. The van der Waals surface area contributed by atoms with Crippen LogP contribution in [0.4, 0.5) is 10.5 Å². The average Bonchev–Trinajstić information content (AvgIpc) is 3.09. The number of hydrogen-bond acceptors (Lipinski definition) is 3. The molecule has 1 aromatic heterocycles. The molecule has 2 amide bonds. The molecule has 6 heteroatoms. The van der Waals surface area contributed by atoms with Crippen molar-refractivity contribution in [2.75, 3.05) is 11.9 Å². The number of anilines is 1. The Balaban J connectivity index is 1.76. The van der Waals surface area contributed by atoms with Crippen molar-refractivity contribution in [2.24, 2.45) is 0 Å². The first-order valence-electron chi connectivity index (χ1n) is 6.90. The van der Waals surface area contributed by atoms with Gasteiger partial charge >= 0.3 is 6.03 Å². The molecule has 5 nitrogen and oxygen atoms in total. The summed E-state index contributed by atoms with van der Waals surface area (Å²) in [6.45, 7) is 2.57. The smallest absolute Gasteiger partial charge is 0.322 e. The molecule has 0 unspecified atom stereocenters. The van der Waals surface area contributed by atoms with Crippen molar-refractivity contribution in [3.8, 4) is 0 Å². The van der Waals surface area contributed by atoms with Crippen LogP contribution < -0.4 is 5.32 Å². The number of carbonyl (C=O) groups excluding carboxylic acids is 1. The van der Waals surface area contributed by atoms with Crippen LogP contribution in [0.2, 0.25) is 5.02 Å². The number of amides is 2. The Bertz CT molecular complexity index is 656. The average molecular weight is 306 g/mol. The number of para-hydroxylation sites is 1. The van der Waals surface area contributed by atoms with Gasteiger partial charge in [-0.3, -0.25) is 0 Å². The van der Waals surface area contributed by atoms with Crippen LogP contribution in [0.25, 0.3) is 0 Å². The second-order valence-electron chi connectivity index (χ2n) is 5.13. The molecule has 2 aromatic rings. The summed E-state index contributed by atoms with van der Waals surface area (Å²) < 4.78 is 5.30. The summed E-state index contributed by atoms with van der Waals surface area (Å²) in [4.78, 5) is 14.2. The molecular weight excluding hydrogens is 290 g/mol. The summed E-state index contributed by atoms with van der Waals surface area (Å²) in [5.41, 5.74) is 1.44. The lowest BCUT2D eigenvalue weighted by molar-refractivity contribution is 0.195. The first kappa shape index (κ1) is 13.9. The number of halogens is 1. The summed E-state index contributed by atoms with van der Waals surface area (Å²) in [7, 11) is 0. The third-order valence-corrected chi connectivity index (χ3v) is 3.93. The number of likely N-dealkylation sites (tertiary alicyclic amines) is 1. The summed E-state index contributed by atoms with van der Waals surface area (Å²) in [5, 5.41) is 7.28. The Labute approximate surface area is 127 Å². The van der Waals surface area contributed by atoms with E-state index < -0.39 is 0 Å². The van der Waals surface area contributed by atoms with Crippen molar-refractivity contribution in [1.82, 2.24) is 10.1 Å². The Kier molecular flexibility index (Phi) is 3.84. The van der Waals surface area contributed by atoms with E-state index in [1.54, 1.807) is 17.0 Å². The van der Waals surface area contributed by atoms with E-state index in [4.69, 9.17) is 16.1 Å². The molecule has 0 aliphatic carbocycles. The van der Waals surface area contributed by atoms with Crippen LogP contribution in [0.1, 0.15) is 30.3 Å². The van der Waals surface area contributed by atoms with E-state index in [0.29, 0.717) is 17.3 Å². The van der Waals surface area contributed by atoms with Crippen molar-refractivity contribution < 1.29 is 9.32 Å². The van der Waals surface area contributed by atoms with Gasteiger partial charge in [0, 0.05) is 12.6 Å². The van der Waals surface area contributed by atoms with Gasteiger partial charge in [-0.15, -0.1) is 0 Å². The van der Waals surface area contributed by atoms with E-state index in [-0.39, 0.29) is 12.1 Å². The number of carbonyl (C=O) groups is 1. The normalized spacial score (nSPS) is 18.0. The number of rotatable bonds is 2. The molecule has 1 aliphatic rings. The van der Waals surface area contributed by atoms with Gasteiger partial charge in [0.1, 0.15) is 0 Å². The SMILES string of the molecule is Cc1cc([C@H]2CCCN2C(=O)Nc2ccccc2Cl)on1. The van der Waals surface area contributed by atoms with Crippen molar-refractivity contribution in [3.63, 3.8) is 0 Å². The topological polar surface area (TPSA) is 58.4 Å². The number of nitrogens with zero attached hydrogens (tertiary/aromatic N) is 2. The fourth-order valence-corrected chi connectivity index (χ4v) is 2.78. The molecule has 3 rings (SSSR count). The van der Waals surface area contributed by atoms with Gasteiger partial charge in [0.25, 0.3) is 0 Å². The van der Waals surface area contributed by atoms with Gasteiger partial charge in [-0.1, -0.05) is 28.9 Å². The van der Waals surface area contributed by atoms with Crippen LogP contribution in [0.5, 0.6) is 0 Å². The van der Waals surface area contributed by atoms with E-state index in [1.807, 2.05) is 25.1 Å². The summed E-state index contributed by atoms with van der Waals surface area (Å²) in [5.74, 6) is 0.735. The highest BCUT2D eigenvalue weighted by Crippen LogP contribution is 2.33. The van der Waals surface area contributed by atoms with Crippen LogP contribution in [0.3, 0.4) is 0 Å². The monoisotopic (exact) mass is 305 g/mol. The molecular formula is C15H16ClN3O2. The first-order chi connectivity index (χ1) is 10.1. The highest BCUT2D eigenvalue weighted by Gasteiger charge is 2.32. The van der Waals surface area contributed by atoms with Gasteiger partial charge in [0.05, 0.1) is 22.4 Å². The largest absolute Gasteiger partial charge is 0.359 e. The van der Waals surface area contributed by atoms with E-state index in [1.165, 1.54) is 0 Å². The maximum atomic E-state index is 12.5. The quantitative estimate of drug-likeness (QED) is 0.912. The van der Waals surface area contributed by atoms with Crippen molar-refractivity contribution in [3.05, 3.63) is 46.8 Å². The van der Waals surface area contributed by atoms with E-state index in [2.05, 4.69) is 10.5 Å². The van der Waals surface area contributed by atoms with Gasteiger partial charge in [0.2, 0.25) is 0 Å². The lowest BCUT2D eigenvalue weighted by Gasteiger charge is -2.23.